The molecule has 2 nitrogen and oxygen atoms in total. The standard InChI is InChI=1S/C15H24ClNO/c1-2-6-14(9-10-16)13-17-11-12-18-15-7-4-3-5-8-15/h3-5,7-8,14,17H,2,6,9-13H2,1H3. The minimum Gasteiger partial charge on any atom is -0.492 e. The lowest BCUT2D eigenvalue weighted by molar-refractivity contribution is 0.306. The van der Waals surface area contributed by atoms with Gasteiger partial charge in [0.1, 0.15) is 12.4 Å². The smallest absolute Gasteiger partial charge is 0.119 e. The largest absolute Gasteiger partial charge is 0.492 e. The number of benzene rings is 1. The van der Waals surface area contributed by atoms with Crippen LogP contribution in [0, 0.1) is 5.92 Å². The van der Waals surface area contributed by atoms with Gasteiger partial charge in [0.2, 0.25) is 0 Å². The lowest BCUT2D eigenvalue weighted by Crippen LogP contribution is -2.27. The highest BCUT2D eigenvalue weighted by Crippen LogP contribution is 2.11. The van der Waals surface area contributed by atoms with E-state index in [1.54, 1.807) is 0 Å². The summed E-state index contributed by atoms with van der Waals surface area (Å²) < 4.78 is 5.62. The number of rotatable bonds is 10. The summed E-state index contributed by atoms with van der Waals surface area (Å²) in [5, 5.41) is 3.44. The van der Waals surface area contributed by atoms with Crippen molar-refractivity contribution >= 4 is 11.6 Å². The number of alkyl halides is 1. The number of ether oxygens (including phenoxy) is 1. The Morgan fingerprint density at radius 2 is 2.00 bits per heavy atom. The third-order valence-corrected chi connectivity index (χ3v) is 3.16. The molecule has 0 aliphatic heterocycles. The fraction of sp³-hybridized carbons (Fsp3) is 0.600. The number of para-hydroxylation sites is 1. The summed E-state index contributed by atoms with van der Waals surface area (Å²) in [5.74, 6) is 2.39. The maximum absolute atomic E-state index is 5.80. The van der Waals surface area contributed by atoms with Crippen LogP contribution in [-0.4, -0.2) is 25.6 Å². The van der Waals surface area contributed by atoms with E-state index in [4.69, 9.17) is 16.3 Å². The van der Waals surface area contributed by atoms with E-state index in [2.05, 4.69) is 12.2 Å². The van der Waals surface area contributed by atoms with Gasteiger partial charge in [0.25, 0.3) is 0 Å². The normalized spacial score (nSPS) is 12.3. The molecule has 0 fully saturated rings. The first-order chi connectivity index (χ1) is 8.86. The van der Waals surface area contributed by atoms with E-state index in [-0.39, 0.29) is 0 Å². The van der Waals surface area contributed by atoms with Gasteiger partial charge in [0.15, 0.2) is 0 Å². The lowest BCUT2D eigenvalue weighted by atomic mass is 10.0. The van der Waals surface area contributed by atoms with Gasteiger partial charge >= 0.3 is 0 Å². The molecule has 0 heterocycles. The molecule has 1 rings (SSSR count). The lowest BCUT2D eigenvalue weighted by Gasteiger charge is -2.15. The van der Waals surface area contributed by atoms with Gasteiger partial charge in [-0.25, -0.2) is 0 Å². The van der Waals surface area contributed by atoms with E-state index in [1.807, 2.05) is 30.3 Å². The average molecular weight is 270 g/mol. The van der Waals surface area contributed by atoms with E-state index in [1.165, 1.54) is 12.8 Å². The first-order valence-electron chi connectivity index (χ1n) is 6.81. The molecule has 0 spiro atoms. The van der Waals surface area contributed by atoms with Crippen LogP contribution in [-0.2, 0) is 0 Å². The van der Waals surface area contributed by atoms with Crippen LogP contribution < -0.4 is 10.1 Å². The minimum absolute atomic E-state index is 0.698. The summed E-state index contributed by atoms with van der Waals surface area (Å²) in [5.41, 5.74) is 0. The Hall–Kier alpha value is -0.730. The van der Waals surface area contributed by atoms with Gasteiger partial charge in [-0.2, -0.15) is 0 Å². The van der Waals surface area contributed by atoms with Crippen molar-refractivity contribution in [3.05, 3.63) is 30.3 Å². The molecule has 0 saturated heterocycles. The molecule has 0 aliphatic rings. The summed E-state index contributed by atoms with van der Waals surface area (Å²) in [6, 6.07) is 9.93. The zero-order chi connectivity index (χ0) is 13.1. The number of halogens is 1. The Morgan fingerprint density at radius 3 is 2.67 bits per heavy atom. The Bertz CT molecular complexity index is 286. The molecule has 0 amide bonds. The van der Waals surface area contributed by atoms with Crippen LogP contribution in [0.2, 0.25) is 0 Å². The number of hydrogen-bond acceptors (Lipinski definition) is 2. The molecule has 0 aromatic heterocycles. The van der Waals surface area contributed by atoms with Crippen LogP contribution in [0.15, 0.2) is 30.3 Å². The highest BCUT2D eigenvalue weighted by molar-refractivity contribution is 6.17. The molecule has 102 valence electrons. The summed E-state index contributed by atoms with van der Waals surface area (Å²) in [7, 11) is 0. The van der Waals surface area contributed by atoms with Gasteiger partial charge in [-0.3, -0.25) is 0 Å². The van der Waals surface area contributed by atoms with Crippen molar-refractivity contribution in [2.75, 3.05) is 25.6 Å². The zero-order valence-electron chi connectivity index (χ0n) is 11.2. The van der Waals surface area contributed by atoms with Crippen LogP contribution in [0.4, 0.5) is 0 Å². The third kappa shape index (κ3) is 6.87. The van der Waals surface area contributed by atoms with E-state index in [0.29, 0.717) is 12.5 Å². The molecule has 0 saturated carbocycles. The summed E-state index contributed by atoms with van der Waals surface area (Å²) in [4.78, 5) is 0. The third-order valence-electron chi connectivity index (χ3n) is 2.94. The zero-order valence-corrected chi connectivity index (χ0v) is 12.0. The first-order valence-corrected chi connectivity index (χ1v) is 7.34. The fourth-order valence-corrected chi connectivity index (χ4v) is 2.28. The Kier molecular flexibility index (Phi) is 8.70. The second kappa shape index (κ2) is 10.2. The van der Waals surface area contributed by atoms with Crippen LogP contribution >= 0.6 is 11.6 Å². The van der Waals surface area contributed by atoms with E-state index in [9.17, 15) is 0 Å². The van der Waals surface area contributed by atoms with Crippen molar-refractivity contribution in [2.24, 2.45) is 5.92 Å². The minimum atomic E-state index is 0.698. The summed E-state index contributed by atoms with van der Waals surface area (Å²) in [6.45, 7) is 4.86. The van der Waals surface area contributed by atoms with Gasteiger partial charge in [-0.05, 0) is 37.4 Å². The van der Waals surface area contributed by atoms with Crippen molar-refractivity contribution in [2.45, 2.75) is 26.2 Å². The van der Waals surface area contributed by atoms with Crippen molar-refractivity contribution in [1.29, 1.82) is 0 Å². The van der Waals surface area contributed by atoms with Crippen LogP contribution in [0.25, 0.3) is 0 Å². The van der Waals surface area contributed by atoms with Crippen molar-refractivity contribution in [1.82, 2.24) is 5.32 Å². The fourth-order valence-electron chi connectivity index (χ4n) is 1.97. The molecule has 3 heteroatoms. The molecule has 1 aromatic carbocycles. The monoisotopic (exact) mass is 269 g/mol. The van der Waals surface area contributed by atoms with Crippen LogP contribution in [0.3, 0.4) is 0 Å². The average Bonchev–Trinajstić information content (AvgIpc) is 2.40. The molecule has 0 aliphatic carbocycles. The van der Waals surface area contributed by atoms with E-state index >= 15 is 0 Å². The highest BCUT2D eigenvalue weighted by Gasteiger charge is 2.06. The molecule has 18 heavy (non-hydrogen) atoms. The molecule has 1 aromatic rings. The quantitative estimate of drug-likeness (QED) is 0.517. The maximum atomic E-state index is 5.80. The summed E-state index contributed by atoms with van der Waals surface area (Å²) in [6.07, 6.45) is 3.57. The van der Waals surface area contributed by atoms with E-state index in [0.717, 1.165) is 31.1 Å². The second-order valence-corrected chi connectivity index (χ2v) is 4.88. The molecule has 1 N–H and O–H groups in total. The molecule has 0 radical (unpaired) electrons. The van der Waals surface area contributed by atoms with Gasteiger partial charge in [0, 0.05) is 12.4 Å². The van der Waals surface area contributed by atoms with Gasteiger partial charge in [0.05, 0.1) is 0 Å². The van der Waals surface area contributed by atoms with Crippen LogP contribution in [0.5, 0.6) is 5.75 Å². The van der Waals surface area contributed by atoms with E-state index < -0.39 is 0 Å². The first kappa shape index (κ1) is 15.3. The van der Waals surface area contributed by atoms with Crippen molar-refractivity contribution in [3.8, 4) is 5.75 Å². The molecular formula is C15H24ClNO. The Balaban J connectivity index is 2.06. The molecule has 1 unspecified atom stereocenters. The predicted molar refractivity (Wildman–Crippen MR) is 78.5 cm³/mol. The predicted octanol–water partition coefficient (Wildman–Crippen LogP) is 3.70. The van der Waals surface area contributed by atoms with Gasteiger partial charge in [-0.15, -0.1) is 11.6 Å². The maximum Gasteiger partial charge on any atom is 0.119 e. The Morgan fingerprint density at radius 1 is 1.22 bits per heavy atom. The molecule has 1 atom stereocenters. The number of hydrogen-bond donors (Lipinski definition) is 1. The van der Waals surface area contributed by atoms with Crippen molar-refractivity contribution < 1.29 is 4.74 Å². The van der Waals surface area contributed by atoms with Gasteiger partial charge < -0.3 is 10.1 Å². The van der Waals surface area contributed by atoms with Crippen molar-refractivity contribution in [3.63, 3.8) is 0 Å². The number of nitrogens with one attached hydrogen (secondary N) is 1. The molecule has 0 bridgehead atoms. The topological polar surface area (TPSA) is 21.3 Å². The SMILES string of the molecule is CCCC(CCCl)CNCCOc1ccccc1. The second-order valence-electron chi connectivity index (χ2n) is 4.50. The summed E-state index contributed by atoms with van der Waals surface area (Å²) >= 11 is 5.80. The highest BCUT2D eigenvalue weighted by atomic mass is 35.5. The Labute approximate surface area is 116 Å². The van der Waals surface area contributed by atoms with Gasteiger partial charge in [-0.1, -0.05) is 31.5 Å². The molecular weight excluding hydrogens is 246 g/mol. The van der Waals surface area contributed by atoms with Crippen LogP contribution in [0.1, 0.15) is 26.2 Å².